The highest BCUT2D eigenvalue weighted by Gasteiger charge is 2.34. The van der Waals surface area contributed by atoms with E-state index in [1.165, 1.54) is 12.3 Å². The van der Waals surface area contributed by atoms with Gasteiger partial charge >= 0.3 is 5.97 Å². The Morgan fingerprint density at radius 1 is 1.21 bits per heavy atom. The molecule has 3 heterocycles. The molecule has 3 aromatic rings. The molecular formula is C25H28N4O4. The van der Waals surface area contributed by atoms with E-state index in [0.29, 0.717) is 30.8 Å². The fourth-order valence-corrected chi connectivity index (χ4v) is 4.53. The van der Waals surface area contributed by atoms with E-state index < -0.39 is 5.97 Å². The van der Waals surface area contributed by atoms with Crippen LogP contribution in [0.4, 0.5) is 0 Å². The van der Waals surface area contributed by atoms with Gasteiger partial charge in [0.2, 0.25) is 5.91 Å². The standard InChI is InChI=1S/C25H28N4O4/c1-16-24(20(25(31)32)9-11-27-16)21-13-18(28-23(30)14-26)10-12-29(21)15-19-7-8-22(33-19)17-5-3-2-4-6-17/h2-9,11,18,21H,10,12-15,26H2,1H3,(H,28,30)(H,31,32). The van der Waals surface area contributed by atoms with Crippen LogP contribution in [0.25, 0.3) is 11.3 Å². The molecule has 1 aliphatic rings. The Kier molecular flexibility index (Phi) is 6.86. The van der Waals surface area contributed by atoms with Crippen LogP contribution in [0.2, 0.25) is 0 Å². The van der Waals surface area contributed by atoms with Crippen LogP contribution in [0.15, 0.2) is 59.1 Å². The van der Waals surface area contributed by atoms with Gasteiger partial charge in [-0.05, 0) is 38.0 Å². The minimum Gasteiger partial charge on any atom is -0.478 e. The second kappa shape index (κ2) is 9.97. The number of nitrogens with zero attached hydrogens (tertiary/aromatic N) is 2. The van der Waals surface area contributed by atoms with Crippen LogP contribution in [0.3, 0.4) is 0 Å². The summed E-state index contributed by atoms with van der Waals surface area (Å²) in [6.45, 7) is 2.92. The Morgan fingerprint density at radius 2 is 2.00 bits per heavy atom. The third-order valence-electron chi connectivity index (χ3n) is 6.10. The third-order valence-corrected chi connectivity index (χ3v) is 6.10. The highest BCUT2D eigenvalue weighted by Crippen LogP contribution is 2.36. The van der Waals surface area contributed by atoms with Crippen LogP contribution in [0, 0.1) is 6.92 Å². The number of nitrogens with two attached hydrogens (primary N) is 1. The molecule has 0 bridgehead atoms. The maximum absolute atomic E-state index is 12.0. The predicted molar refractivity (Wildman–Crippen MR) is 123 cm³/mol. The van der Waals surface area contributed by atoms with Gasteiger partial charge in [0.1, 0.15) is 11.5 Å². The number of aromatic nitrogens is 1. The van der Waals surface area contributed by atoms with Gasteiger partial charge in [0, 0.05) is 41.6 Å². The molecule has 2 aromatic heterocycles. The maximum Gasteiger partial charge on any atom is 0.336 e. The van der Waals surface area contributed by atoms with Crippen LogP contribution in [-0.4, -0.2) is 46.0 Å². The van der Waals surface area contributed by atoms with Crippen molar-refractivity contribution in [1.29, 1.82) is 0 Å². The minimum absolute atomic E-state index is 0.0775. The Morgan fingerprint density at radius 3 is 2.73 bits per heavy atom. The number of likely N-dealkylation sites (tertiary alicyclic amines) is 1. The Balaban J connectivity index is 1.63. The molecule has 2 atom stereocenters. The number of carboxylic acid groups (broad SMARTS) is 1. The molecule has 1 aromatic carbocycles. The Bertz CT molecular complexity index is 1130. The van der Waals surface area contributed by atoms with Gasteiger partial charge in [-0.25, -0.2) is 4.79 Å². The van der Waals surface area contributed by atoms with Gasteiger partial charge in [0.25, 0.3) is 0 Å². The van der Waals surface area contributed by atoms with Gasteiger partial charge in [0.15, 0.2) is 0 Å². The normalized spacial score (nSPS) is 18.7. The van der Waals surface area contributed by atoms with Crippen molar-refractivity contribution in [3.8, 4) is 11.3 Å². The second-order valence-corrected chi connectivity index (χ2v) is 8.27. The fraction of sp³-hybridized carbons (Fsp3) is 0.320. The zero-order chi connectivity index (χ0) is 23.4. The summed E-state index contributed by atoms with van der Waals surface area (Å²) in [5.74, 6) is 0.373. The van der Waals surface area contributed by atoms with E-state index in [9.17, 15) is 14.7 Å². The minimum atomic E-state index is -0.993. The molecule has 0 radical (unpaired) electrons. The van der Waals surface area contributed by atoms with Crippen molar-refractivity contribution in [3.63, 3.8) is 0 Å². The van der Waals surface area contributed by atoms with Gasteiger partial charge in [-0.2, -0.15) is 0 Å². The van der Waals surface area contributed by atoms with Crippen LogP contribution in [0.1, 0.15) is 46.3 Å². The molecule has 8 nitrogen and oxygen atoms in total. The zero-order valence-electron chi connectivity index (χ0n) is 18.5. The van der Waals surface area contributed by atoms with Crippen molar-refractivity contribution in [1.82, 2.24) is 15.2 Å². The molecule has 0 aliphatic carbocycles. The summed E-state index contributed by atoms with van der Waals surface area (Å²) in [6.07, 6.45) is 2.81. The van der Waals surface area contributed by atoms with E-state index in [1.807, 2.05) is 49.4 Å². The van der Waals surface area contributed by atoms with Crippen molar-refractivity contribution in [2.45, 2.75) is 38.4 Å². The monoisotopic (exact) mass is 448 g/mol. The highest BCUT2D eigenvalue weighted by atomic mass is 16.4. The van der Waals surface area contributed by atoms with Crippen LogP contribution >= 0.6 is 0 Å². The summed E-state index contributed by atoms with van der Waals surface area (Å²) < 4.78 is 6.11. The van der Waals surface area contributed by atoms with Crippen LogP contribution in [-0.2, 0) is 11.3 Å². The molecule has 4 N–H and O–H groups in total. The number of carbonyl (C=O) groups excluding carboxylic acids is 1. The van der Waals surface area contributed by atoms with Crippen molar-refractivity contribution in [3.05, 3.63) is 77.3 Å². The maximum atomic E-state index is 12.0. The first kappa shape index (κ1) is 22.7. The second-order valence-electron chi connectivity index (χ2n) is 8.27. The van der Waals surface area contributed by atoms with E-state index in [4.69, 9.17) is 10.2 Å². The lowest BCUT2D eigenvalue weighted by Crippen LogP contribution is -2.47. The zero-order valence-corrected chi connectivity index (χ0v) is 18.5. The number of furan rings is 1. The Hall–Kier alpha value is -3.49. The number of aryl methyl sites for hydroxylation is 1. The lowest BCUT2D eigenvalue weighted by Gasteiger charge is -2.40. The lowest BCUT2D eigenvalue weighted by atomic mass is 9.88. The quantitative estimate of drug-likeness (QED) is 0.508. The summed E-state index contributed by atoms with van der Waals surface area (Å²) in [7, 11) is 0. The van der Waals surface area contributed by atoms with Gasteiger partial charge in [-0.3, -0.25) is 14.7 Å². The van der Waals surface area contributed by atoms with Crippen molar-refractivity contribution >= 4 is 11.9 Å². The van der Waals surface area contributed by atoms with Gasteiger partial charge < -0.3 is 20.6 Å². The molecule has 8 heteroatoms. The van der Waals surface area contributed by atoms with Gasteiger partial charge in [-0.1, -0.05) is 30.3 Å². The van der Waals surface area contributed by atoms with Crippen molar-refractivity contribution in [2.75, 3.05) is 13.1 Å². The molecule has 2 unspecified atom stereocenters. The number of hydrogen-bond acceptors (Lipinski definition) is 6. The summed E-state index contributed by atoms with van der Waals surface area (Å²) in [5.41, 5.74) is 8.05. The molecule has 0 spiro atoms. The van der Waals surface area contributed by atoms with E-state index in [0.717, 1.165) is 23.5 Å². The number of carboxylic acids is 1. The van der Waals surface area contributed by atoms with Gasteiger partial charge in [-0.15, -0.1) is 0 Å². The van der Waals surface area contributed by atoms with Crippen LogP contribution < -0.4 is 11.1 Å². The molecule has 0 saturated carbocycles. The number of rotatable bonds is 7. The lowest BCUT2D eigenvalue weighted by molar-refractivity contribution is -0.120. The summed E-state index contributed by atoms with van der Waals surface area (Å²) in [4.78, 5) is 30.5. The Labute approximate surface area is 192 Å². The topological polar surface area (TPSA) is 122 Å². The molecule has 172 valence electrons. The number of aromatic carboxylic acids is 1. The molecule has 1 aliphatic heterocycles. The molecule has 33 heavy (non-hydrogen) atoms. The molecule has 1 saturated heterocycles. The number of piperidine rings is 1. The van der Waals surface area contributed by atoms with Crippen molar-refractivity contribution in [2.24, 2.45) is 5.73 Å². The molecular weight excluding hydrogens is 420 g/mol. The van der Waals surface area contributed by atoms with E-state index in [2.05, 4.69) is 15.2 Å². The number of amides is 1. The summed E-state index contributed by atoms with van der Waals surface area (Å²) >= 11 is 0. The third kappa shape index (κ3) is 5.13. The summed E-state index contributed by atoms with van der Waals surface area (Å²) in [5, 5.41) is 12.8. The summed E-state index contributed by atoms with van der Waals surface area (Å²) in [6, 6.07) is 15.0. The first-order valence-electron chi connectivity index (χ1n) is 11.0. The smallest absolute Gasteiger partial charge is 0.336 e. The number of pyridine rings is 1. The SMILES string of the molecule is Cc1nccc(C(=O)O)c1C1CC(NC(=O)CN)CCN1Cc1ccc(-c2ccccc2)o1. The number of benzene rings is 1. The number of nitrogens with one attached hydrogen (secondary N) is 1. The van der Waals surface area contributed by atoms with E-state index >= 15 is 0 Å². The molecule has 1 amide bonds. The fourth-order valence-electron chi connectivity index (χ4n) is 4.53. The largest absolute Gasteiger partial charge is 0.478 e. The number of hydrogen-bond donors (Lipinski definition) is 3. The van der Waals surface area contributed by atoms with E-state index in [1.54, 1.807) is 0 Å². The van der Waals surface area contributed by atoms with E-state index in [-0.39, 0.29) is 30.1 Å². The molecule has 4 rings (SSSR count). The first-order valence-corrected chi connectivity index (χ1v) is 11.0. The van der Waals surface area contributed by atoms with Crippen molar-refractivity contribution < 1.29 is 19.1 Å². The first-order chi connectivity index (χ1) is 16.0. The van der Waals surface area contributed by atoms with Crippen LogP contribution in [0.5, 0.6) is 0 Å². The predicted octanol–water partition coefficient (Wildman–Crippen LogP) is 3.13. The average Bonchev–Trinajstić information content (AvgIpc) is 3.29. The van der Waals surface area contributed by atoms with Gasteiger partial charge in [0.05, 0.1) is 18.7 Å². The highest BCUT2D eigenvalue weighted by molar-refractivity contribution is 5.89. The number of carbonyl (C=O) groups is 2. The molecule has 1 fully saturated rings. The average molecular weight is 449 g/mol.